The highest BCUT2D eigenvalue weighted by atomic mass is 16.3. The normalized spacial score (nSPS) is 18.0. The molecular formula is C14H26N4O. The minimum Gasteiger partial charge on any atom is -0.394 e. The van der Waals surface area contributed by atoms with Crippen molar-refractivity contribution < 1.29 is 5.11 Å². The highest BCUT2D eigenvalue weighted by Crippen LogP contribution is 2.15. The molecule has 0 bridgehead atoms. The van der Waals surface area contributed by atoms with Crippen molar-refractivity contribution in [3.8, 4) is 0 Å². The highest BCUT2D eigenvalue weighted by molar-refractivity contribution is 5.03. The van der Waals surface area contributed by atoms with Gasteiger partial charge in [0.15, 0.2) is 0 Å². The lowest BCUT2D eigenvalue weighted by atomic mass is 9.97. The third kappa shape index (κ3) is 4.60. The molecule has 1 fully saturated rings. The third-order valence-electron chi connectivity index (χ3n) is 3.93. The van der Waals surface area contributed by atoms with Gasteiger partial charge in [-0.2, -0.15) is 5.10 Å². The van der Waals surface area contributed by atoms with E-state index in [-0.39, 0.29) is 6.61 Å². The van der Waals surface area contributed by atoms with Crippen molar-refractivity contribution in [1.82, 2.24) is 20.0 Å². The molecule has 2 rings (SSSR count). The van der Waals surface area contributed by atoms with Gasteiger partial charge in [0.25, 0.3) is 0 Å². The number of hydrogen-bond donors (Lipinski definition) is 2. The molecule has 2 N–H and O–H groups in total. The number of rotatable bonds is 7. The molecule has 5 heteroatoms. The second-order valence-electron chi connectivity index (χ2n) is 5.34. The molecule has 108 valence electrons. The topological polar surface area (TPSA) is 53.3 Å². The van der Waals surface area contributed by atoms with E-state index in [2.05, 4.69) is 22.2 Å². The summed E-state index contributed by atoms with van der Waals surface area (Å²) in [4.78, 5) is 2.52. The van der Waals surface area contributed by atoms with Crippen molar-refractivity contribution in [2.45, 2.75) is 32.9 Å². The van der Waals surface area contributed by atoms with Crippen molar-refractivity contribution in [2.75, 3.05) is 32.8 Å². The molecule has 0 radical (unpaired) electrons. The maximum absolute atomic E-state index is 8.84. The molecule has 0 saturated carbocycles. The van der Waals surface area contributed by atoms with Crippen molar-refractivity contribution in [2.24, 2.45) is 5.92 Å². The van der Waals surface area contributed by atoms with Gasteiger partial charge in [-0.05, 0) is 44.9 Å². The van der Waals surface area contributed by atoms with E-state index < -0.39 is 0 Å². The Bertz CT molecular complexity index is 358. The molecule has 19 heavy (non-hydrogen) atoms. The van der Waals surface area contributed by atoms with Gasteiger partial charge in [-0.1, -0.05) is 6.92 Å². The van der Waals surface area contributed by atoms with E-state index in [0.29, 0.717) is 6.54 Å². The van der Waals surface area contributed by atoms with Crippen LogP contribution in [-0.4, -0.2) is 52.6 Å². The Balaban J connectivity index is 1.63. The maximum Gasteiger partial charge on any atom is 0.0640 e. The van der Waals surface area contributed by atoms with Gasteiger partial charge in [0.1, 0.15) is 0 Å². The number of aliphatic hydroxyl groups is 1. The van der Waals surface area contributed by atoms with Crippen molar-refractivity contribution >= 4 is 0 Å². The summed E-state index contributed by atoms with van der Waals surface area (Å²) in [7, 11) is 0. The molecule has 0 unspecified atom stereocenters. The average molecular weight is 266 g/mol. The second kappa shape index (κ2) is 7.62. The molecule has 1 aliphatic heterocycles. The number of nitrogens with one attached hydrogen (secondary N) is 1. The quantitative estimate of drug-likeness (QED) is 0.763. The van der Waals surface area contributed by atoms with E-state index in [0.717, 1.165) is 19.0 Å². The Hall–Kier alpha value is -0.910. The van der Waals surface area contributed by atoms with E-state index in [1.165, 1.54) is 38.0 Å². The van der Waals surface area contributed by atoms with E-state index in [9.17, 15) is 0 Å². The molecule has 0 aromatic carbocycles. The van der Waals surface area contributed by atoms with E-state index >= 15 is 0 Å². The first-order valence-electron chi connectivity index (χ1n) is 7.37. The van der Waals surface area contributed by atoms with Crippen LogP contribution in [0.5, 0.6) is 0 Å². The predicted octanol–water partition coefficient (Wildman–Crippen LogP) is 0.697. The van der Waals surface area contributed by atoms with Crippen LogP contribution in [0.4, 0.5) is 0 Å². The minimum atomic E-state index is 0.143. The Labute approximate surface area is 115 Å². The molecule has 0 amide bonds. The average Bonchev–Trinajstić information content (AvgIpc) is 2.88. The fourth-order valence-corrected chi connectivity index (χ4v) is 2.65. The predicted molar refractivity (Wildman–Crippen MR) is 75.9 cm³/mol. The molecule has 1 aliphatic rings. The number of piperidine rings is 1. The van der Waals surface area contributed by atoms with E-state index in [1.54, 1.807) is 4.68 Å². The van der Waals surface area contributed by atoms with Crippen LogP contribution in [0.1, 0.15) is 25.3 Å². The zero-order chi connectivity index (χ0) is 13.5. The molecule has 0 spiro atoms. The molecule has 0 atom stereocenters. The Morgan fingerprint density at radius 2 is 2.21 bits per heavy atom. The SMILES string of the molecule is CCN1CCC(CNCc2cnn(CCO)c2)CC1. The van der Waals surface area contributed by atoms with Crippen molar-refractivity contribution in [3.05, 3.63) is 18.0 Å². The third-order valence-corrected chi connectivity index (χ3v) is 3.93. The fraction of sp³-hybridized carbons (Fsp3) is 0.786. The maximum atomic E-state index is 8.84. The van der Waals surface area contributed by atoms with Gasteiger partial charge < -0.3 is 15.3 Å². The summed E-state index contributed by atoms with van der Waals surface area (Å²) >= 11 is 0. The highest BCUT2D eigenvalue weighted by Gasteiger charge is 2.17. The lowest BCUT2D eigenvalue weighted by Gasteiger charge is -2.31. The number of likely N-dealkylation sites (tertiary alicyclic amines) is 1. The summed E-state index contributed by atoms with van der Waals surface area (Å²) < 4.78 is 1.79. The van der Waals surface area contributed by atoms with Crippen LogP contribution in [0.25, 0.3) is 0 Å². The van der Waals surface area contributed by atoms with Crippen LogP contribution in [0.15, 0.2) is 12.4 Å². The minimum absolute atomic E-state index is 0.143. The largest absolute Gasteiger partial charge is 0.394 e. The van der Waals surface area contributed by atoms with Crippen molar-refractivity contribution in [1.29, 1.82) is 0 Å². The molecular weight excluding hydrogens is 240 g/mol. The lowest BCUT2D eigenvalue weighted by molar-refractivity contribution is 0.190. The van der Waals surface area contributed by atoms with Gasteiger partial charge in [-0.15, -0.1) is 0 Å². The number of nitrogens with zero attached hydrogens (tertiary/aromatic N) is 3. The zero-order valence-electron chi connectivity index (χ0n) is 11.9. The first-order valence-corrected chi connectivity index (χ1v) is 7.37. The van der Waals surface area contributed by atoms with Gasteiger partial charge in [0.2, 0.25) is 0 Å². The van der Waals surface area contributed by atoms with Gasteiger partial charge in [0.05, 0.1) is 19.3 Å². The number of aromatic nitrogens is 2. The molecule has 0 aliphatic carbocycles. The summed E-state index contributed by atoms with van der Waals surface area (Å²) in [6.45, 7) is 8.61. The smallest absolute Gasteiger partial charge is 0.0640 e. The van der Waals surface area contributed by atoms with Gasteiger partial charge in [0, 0.05) is 18.3 Å². The number of hydrogen-bond acceptors (Lipinski definition) is 4. The van der Waals surface area contributed by atoms with E-state index in [4.69, 9.17) is 5.11 Å². The van der Waals surface area contributed by atoms with Crippen LogP contribution in [0, 0.1) is 5.92 Å². The molecule has 2 heterocycles. The van der Waals surface area contributed by atoms with Crippen LogP contribution in [0.3, 0.4) is 0 Å². The first kappa shape index (κ1) is 14.5. The van der Waals surface area contributed by atoms with Crippen LogP contribution >= 0.6 is 0 Å². The summed E-state index contributed by atoms with van der Waals surface area (Å²) in [6.07, 6.45) is 6.50. The molecule has 1 aromatic heterocycles. The second-order valence-corrected chi connectivity index (χ2v) is 5.34. The molecule has 1 saturated heterocycles. The first-order chi connectivity index (χ1) is 9.31. The molecule has 5 nitrogen and oxygen atoms in total. The fourth-order valence-electron chi connectivity index (χ4n) is 2.65. The Morgan fingerprint density at radius 1 is 1.42 bits per heavy atom. The van der Waals surface area contributed by atoms with Crippen molar-refractivity contribution in [3.63, 3.8) is 0 Å². The van der Waals surface area contributed by atoms with Crippen LogP contribution in [-0.2, 0) is 13.1 Å². The summed E-state index contributed by atoms with van der Waals surface area (Å²) in [5.41, 5.74) is 1.19. The standard InChI is InChI=1S/C14H26N4O/c1-2-17-5-3-13(4-6-17)9-15-10-14-11-16-18(12-14)7-8-19/h11-13,15,19H,2-10H2,1H3. The van der Waals surface area contributed by atoms with E-state index in [1.807, 2.05) is 12.4 Å². The van der Waals surface area contributed by atoms with Gasteiger partial charge >= 0.3 is 0 Å². The zero-order valence-corrected chi connectivity index (χ0v) is 11.9. The molecule has 1 aromatic rings. The van der Waals surface area contributed by atoms with Crippen LogP contribution < -0.4 is 5.32 Å². The summed E-state index contributed by atoms with van der Waals surface area (Å²) in [5.74, 6) is 0.815. The van der Waals surface area contributed by atoms with Gasteiger partial charge in [-0.3, -0.25) is 4.68 Å². The Morgan fingerprint density at radius 3 is 2.89 bits per heavy atom. The number of aliphatic hydroxyl groups excluding tert-OH is 1. The Kier molecular flexibility index (Phi) is 5.82. The monoisotopic (exact) mass is 266 g/mol. The van der Waals surface area contributed by atoms with Gasteiger partial charge in [-0.25, -0.2) is 0 Å². The van der Waals surface area contributed by atoms with Crippen LogP contribution in [0.2, 0.25) is 0 Å². The summed E-state index contributed by atoms with van der Waals surface area (Å²) in [6, 6.07) is 0. The lowest BCUT2D eigenvalue weighted by Crippen LogP contribution is -2.36. The summed E-state index contributed by atoms with van der Waals surface area (Å²) in [5, 5.41) is 16.6.